The summed E-state index contributed by atoms with van der Waals surface area (Å²) in [5.41, 5.74) is 6.32. The maximum atomic E-state index is 12.3. The summed E-state index contributed by atoms with van der Waals surface area (Å²) in [7, 11) is 0. The van der Waals surface area contributed by atoms with E-state index in [9.17, 15) is 4.79 Å². The second-order valence-corrected chi connectivity index (χ2v) is 4.81. The molecule has 1 heterocycles. The van der Waals surface area contributed by atoms with Gasteiger partial charge in [-0.25, -0.2) is 0 Å². The van der Waals surface area contributed by atoms with E-state index in [2.05, 4.69) is 0 Å². The van der Waals surface area contributed by atoms with Crippen molar-refractivity contribution in [3.05, 3.63) is 23.8 Å². The van der Waals surface area contributed by atoms with Crippen molar-refractivity contribution in [3.8, 4) is 11.5 Å². The predicted octanol–water partition coefficient (Wildman–Crippen LogP) is 1.87. The molecule has 0 saturated heterocycles. The Labute approximate surface area is 107 Å². The van der Waals surface area contributed by atoms with Gasteiger partial charge in [0.1, 0.15) is 13.2 Å². The number of hydrogen-bond acceptors (Lipinski definition) is 4. The first-order valence-electron chi connectivity index (χ1n) is 6.27. The number of rotatable bonds is 4. The van der Waals surface area contributed by atoms with E-state index in [1.807, 2.05) is 13.8 Å². The second-order valence-electron chi connectivity index (χ2n) is 4.81. The van der Waals surface area contributed by atoms with E-state index in [0.29, 0.717) is 36.8 Å². The number of hydrogen-bond donors (Lipinski definition) is 1. The highest BCUT2D eigenvalue weighted by Gasteiger charge is 2.23. The number of Topliss-reactive ketones (excluding diaryl/α,β-unsaturated/α-hetero) is 1. The Hall–Kier alpha value is -1.55. The molecule has 1 aromatic rings. The van der Waals surface area contributed by atoms with Gasteiger partial charge in [0.25, 0.3) is 0 Å². The zero-order valence-corrected chi connectivity index (χ0v) is 10.8. The molecule has 4 nitrogen and oxygen atoms in total. The van der Waals surface area contributed by atoms with Gasteiger partial charge in [0.05, 0.1) is 0 Å². The number of benzene rings is 1. The molecule has 0 aromatic heterocycles. The van der Waals surface area contributed by atoms with Crippen LogP contribution in [0.5, 0.6) is 11.5 Å². The molecule has 0 amide bonds. The second kappa shape index (κ2) is 5.40. The van der Waals surface area contributed by atoms with Crippen LogP contribution in [0.15, 0.2) is 18.2 Å². The van der Waals surface area contributed by atoms with Crippen molar-refractivity contribution in [2.75, 3.05) is 19.8 Å². The summed E-state index contributed by atoms with van der Waals surface area (Å²) in [5.74, 6) is 1.51. The smallest absolute Gasteiger partial charge is 0.167 e. The van der Waals surface area contributed by atoms with Crippen LogP contribution in [-0.4, -0.2) is 25.5 Å². The summed E-state index contributed by atoms with van der Waals surface area (Å²) in [6.45, 7) is 5.46. The molecule has 18 heavy (non-hydrogen) atoms. The third-order valence-corrected chi connectivity index (χ3v) is 3.22. The van der Waals surface area contributed by atoms with Crippen molar-refractivity contribution in [2.24, 2.45) is 17.6 Å². The number of carbonyl (C=O) groups is 1. The van der Waals surface area contributed by atoms with E-state index in [4.69, 9.17) is 15.2 Å². The van der Waals surface area contributed by atoms with Gasteiger partial charge in [-0.05, 0) is 24.1 Å². The van der Waals surface area contributed by atoms with Crippen molar-refractivity contribution in [1.29, 1.82) is 0 Å². The molecule has 1 atom stereocenters. The summed E-state index contributed by atoms with van der Waals surface area (Å²) in [6.07, 6.45) is 0. The number of ether oxygens (including phenoxy) is 2. The standard InChI is InChI=1S/C14H19NO3/c1-9(2)11(8-15)14(16)10-3-4-12-13(7-10)18-6-5-17-12/h3-4,7,9,11H,5-6,8,15H2,1-2H3. The van der Waals surface area contributed by atoms with Crippen LogP contribution in [0.4, 0.5) is 0 Å². The Morgan fingerprint density at radius 3 is 2.56 bits per heavy atom. The van der Waals surface area contributed by atoms with Crippen LogP contribution in [0.3, 0.4) is 0 Å². The molecule has 2 N–H and O–H groups in total. The third kappa shape index (κ3) is 2.48. The van der Waals surface area contributed by atoms with E-state index in [0.717, 1.165) is 0 Å². The molecule has 0 spiro atoms. The Balaban J connectivity index is 2.25. The van der Waals surface area contributed by atoms with Gasteiger partial charge in [0.2, 0.25) is 0 Å². The average molecular weight is 249 g/mol. The van der Waals surface area contributed by atoms with Gasteiger partial charge in [0.15, 0.2) is 17.3 Å². The predicted molar refractivity (Wildman–Crippen MR) is 69.1 cm³/mol. The monoisotopic (exact) mass is 249 g/mol. The van der Waals surface area contributed by atoms with E-state index in [1.165, 1.54) is 0 Å². The molecule has 0 fully saturated rings. The molecule has 0 bridgehead atoms. The van der Waals surface area contributed by atoms with Crippen molar-refractivity contribution < 1.29 is 14.3 Å². The van der Waals surface area contributed by atoms with E-state index >= 15 is 0 Å². The summed E-state index contributed by atoms with van der Waals surface area (Å²) >= 11 is 0. The van der Waals surface area contributed by atoms with Gasteiger partial charge in [-0.3, -0.25) is 4.79 Å². The summed E-state index contributed by atoms with van der Waals surface area (Å²) in [6, 6.07) is 5.32. The lowest BCUT2D eigenvalue weighted by Gasteiger charge is -2.21. The Bertz CT molecular complexity index is 443. The van der Waals surface area contributed by atoms with Crippen molar-refractivity contribution in [2.45, 2.75) is 13.8 Å². The quantitative estimate of drug-likeness (QED) is 0.827. The van der Waals surface area contributed by atoms with Crippen molar-refractivity contribution >= 4 is 5.78 Å². The highest BCUT2D eigenvalue weighted by Crippen LogP contribution is 2.31. The Kier molecular flexibility index (Phi) is 3.87. The molecule has 1 aliphatic rings. The fourth-order valence-corrected chi connectivity index (χ4v) is 2.09. The van der Waals surface area contributed by atoms with Crippen molar-refractivity contribution in [1.82, 2.24) is 0 Å². The molecule has 1 aromatic carbocycles. The first-order valence-corrected chi connectivity index (χ1v) is 6.27. The first-order chi connectivity index (χ1) is 8.63. The Morgan fingerprint density at radius 1 is 1.28 bits per heavy atom. The van der Waals surface area contributed by atoms with Crippen LogP contribution in [0.1, 0.15) is 24.2 Å². The maximum Gasteiger partial charge on any atom is 0.167 e. The van der Waals surface area contributed by atoms with Gasteiger partial charge in [0, 0.05) is 18.0 Å². The molecule has 1 unspecified atom stereocenters. The third-order valence-electron chi connectivity index (χ3n) is 3.22. The summed E-state index contributed by atoms with van der Waals surface area (Å²) in [5, 5.41) is 0. The molecular weight excluding hydrogens is 230 g/mol. The number of carbonyl (C=O) groups excluding carboxylic acids is 1. The Morgan fingerprint density at radius 2 is 1.94 bits per heavy atom. The van der Waals surface area contributed by atoms with Crippen molar-refractivity contribution in [3.63, 3.8) is 0 Å². The van der Waals surface area contributed by atoms with Crippen LogP contribution >= 0.6 is 0 Å². The van der Waals surface area contributed by atoms with E-state index in [-0.39, 0.29) is 17.6 Å². The molecule has 0 radical (unpaired) electrons. The molecule has 0 saturated carbocycles. The SMILES string of the molecule is CC(C)C(CN)C(=O)c1ccc2c(c1)OCCO2. The molecule has 98 valence electrons. The average Bonchev–Trinajstić information content (AvgIpc) is 2.38. The van der Waals surface area contributed by atoms with Crippen LogP contribution in [-0.2, 0) is 0 Å². The zero-order chi connectivity index (χ0) is 13.1. The van der Waals surface area contributed by atoms with Gasteiger partial charge >= 0.3 is 0 Å². The first kappa shape index (κ1) is 12.9. The molecule has 2 rings (SSSR count). The minimum atomic E-state index is -0.146. The minimum absolute atomic E-state index is 0.0736. The number of ketones is 1. The molecular formula is C14H19NO3. The zero-order valence-electron chi connectivity index (χ0n) is 10.8. The number of nitrogens with two attached hydrogens (primary N) is 1. The fourth-order valence-electron chi connectivity index (χ4n) is 2.09. The lowest BCUT2D eigenvalue weighted by Crippen LogP contribution is -2.28. The van der Waals surface area contributed by atoms with E-state index in [1.54, 1.807) is 18.2 Å². The van der Waals surface area contributed by atoms with Crippen LogP contribution < -0.4 is 15.2 Å². The van der Waals surface area contributed by atoms with Gasteiger partial charge in [-0.15, -0.1) is 0 Å². The van der Waals surface area contributed by atoms with Crippen LogP contribution in [0, 0.1) is 11.8 Å². The topological polar surface area (TPSA) is 61.6 Å². The lowest BCUT2D eigenvalue weighted by atomic mass is 9.88. The molecule has 0 aliphatic carbocycles. The minimum Gasteiger partial charge on any atom is -0.486 e. The van der Waals surface area contributed by atoms with Gasteiger partial charge in [-0.1, -0.05) is 13.8 Å². The number of fused-ring (bicyclic) bond motifs is 1. The molecule has 1 aliphatic heterocycles. The maximum absolute atomic E-state index is 12.3. The van der Waals surface area contributed by atoms with Gasteiger partial charge in [-0.2, -0.15) is 0 Å². The lowest BCUT2D eigenvalue weighted by molar-refractivity contribution is 0.0891. The fraction of sp³-hybridized carbons (Fsp3) is 0.500. The summed E-state index contributed by atoms with van der Waals surface area (Å²) in [4.78, 5) is 12.3. The molecule has 4 heteroatoms. The van der Waals surface area contributed by atoms with Crippen LogP contribution in [0.2, 0.25) is 0 Å². The highest BCUT2D eigenvalue weighted by molar-refractivity contribution is 5.98. The van der Waals surface area contributed by atoms with Gasteiger partial charge < -0.3 is 15.2 Å². The normalized spacial score (nSPS) is 15.6. The van der Waals surface area contributed by atoms with E-state index < -0.39 is 0 Å². The highest BCUT2D eigenvalue weighted by atomic mass is 16.6. The van der Waals surface area contributed by atoms with Crippen LogP contribution in [0.25, 0.3) is 0 Å². The largest absolute Gasteiger partial charge is 0.486 e. The summed E-state index contributed by atoms with van der Waals surface area (Å²) < 4.78 is 10.9.